The Morgan fingerprint density at radius 1 is 1.17 bits per heavy atom. The van der Waals surface area contributed by atoms with Gasteiger partial charge in [0.2, 0.25) is 5.91 Å². The van der Waals surface area contributed by atoms with Gasteiger partial charge in [-0.1, -0.05) is 0 Å². The van der Waals surface area contributed by atoms with Gasteiger partial charge in [0.25, 0.3) is 5.56 Å². The molecule has 35 heavy (non-hydrogen) atoms. The SMILES string of the molecule is Cc1ccc2c(=O)[nH]c(CCCC(=O)N3CCC(c4cnc(N)c(-c5ncccn5)c4)CC3)cn12. The molecular formula is C26H29N7O2. The molecular weight excluding hydrogens is 442 g/mol. The number of rotatable bonds is 6. The molecule has 1 aliphatic heterocycles. The van der Waals surface area contributed by atoms with Crippen LogP contribution in [-0.4, -0.2) is 48.2 Å². The lowest BCUT2D eigenvalue weighted by atomic mass is 9.89. The number of anilines is 1. The van der Waals surface area contributed by atoms with Crippen molar-refractivity contribution in [2.24, 2.45) is 0 Å². The maximum atomic E-state index is 12.8. The largest absolute Gasteiger partial charge is 0.383 e. The second kappa shape index (κ2) is 9.69. The summed E-state index contributed by atoms with van der Waals surface area (Å²) < 4.78 is 1.90. The molecule has 9 heteroatoms. The molecule has 1 amide bonds. The third-order valence-electron chi connectivity index (χ3n) is 6.82. The Morgan fingerprint density at radius 3 is 2.71 bits per heavy atom. The summed E-state index contributed by atoms with van der Waals surface area (Å²) in [6, 6.07) is 7.55. The molecule has 4 aromatic heterocycles. The maximum Gasteiger partial charge on any atom is 0.272 e. The first kappa shape index (κ1) is 22.8. The van der Waals surface area contributed by atoms with Crippen LogP contribution in [0, 0.1) is 6.92 Å². The Labute approximate surface area is 203 Å². The first-order chi connectivity index (χ1) is 17.0. The minimum absolute atomic E-state index is 0.0943. The molecule has 1 fully saturated rings. The fourth-order valence-electron chi connectivity index (χ4n) is 4.81. The highest BCUT2D eigenvalue weighted by Crippen LogP contribution is 2.31. The summed E-state index contributed by atoms with van der Waals surface area (Å²) in [6.07, 6.45) is 10.7. The average molecular weight is 472 g/mol. The van der Waals surface area contributed by atoms with Crippen molar-refractivity contribution in [3.63, 3.8) is 0 Å². The summed E-state index contributed by atoms with van der Waals surface area (Å²) in [5.74, 6) is 1.47. The number of nitrogens with one attached hydrogen (secondary N) is 1. The minimum Gasteiger partial charge on any atom is -0.383 e. The van der Waals surface area contributed by atoms with Crippen LogP contribution in [0.1, 0.15) is 48.6 Å². The maximum absolute atomic E-state index is 12.8. The number of carbonyl (C=O) groups is 1. The number of pyridine rings is 1. The molecule has 0 aromatic carbocycles. The van der Waals surface area contributed by atoms with Crippen molar-refractivity contribution in [1.29, 1.82) is 0 Å². The quantitative estimate of drug-likeness (QED) is 0.446. The zero-order valence-electron chi connectivity index (χ0n) is 19.8. The number of piperidine rings is 1. The molecule has 0 radical (unpaired) electrons. The van der Waals surface area contributed by atoms with E-state index in [-0.39, 0.29) is 11.5 Å². The van der Waals surface area contributed by atoms with Gasteiger partial charge in [-0.3, -0.25) is 9.59 Å². The second-order valence-corrected chi connectivity index (χ2v) is 9.12. The van der Waals surface area contributed by atoms with Crippen molar-refractivity contribution < 1.29 is 4.79 Å². The molecule has 0 spiro atoms. The summed E-state index contributed by atoms with van der Waals surface area (Å²) in [4.78, 5) is 42.9. The average Bonchev–Trinajstić information content (AvgIpc) is 3.26. The number of aryl methyl sites for hydroxylation is 2. The van der Waals surface area contributed by atoms with Crippen molar-refractivity contribution in [1.82, 2.24) is 29.2 Å². The lowest BCUT2D eigenvalue weighted by molar-refractivity contribution is -0.132. The first-order valence-corrected chi connectivity index (χ1v) is 12.0. The second-order valence-electron chi connectivity index (χ2n) is 9.12. The number of hydrogen-bond acceptors (Lipinski definition) is 6. The van der Waals surface area contributed by atoms with Crippen LogP contribution in [0.5, 0.6) is 0 Å². The van der Waals surface area contributed by atoms with Gasteiger partial charge < -0.3 is 20.0 Å². The fraction of sp³-hybridized carbons (Fsp3) is 0.346. The number of aromatic amines is 1. The molecule has 0 bridgehead atoms. The van der Waals surface area contributed by atoms with E-state index in [0.29, 0.717) is 42.3 Å². The molecule has 5 rings (SSSR count). The highest BCUT2D eigenvalue weighted by atomic mass is 16.2. The smallest absolute Gasteiger partial charge is 0.272 e. The lowest BCUT2D eigenvalue weighted by Crippen LogP contribution is -2.37. The monoisotopic (exact) mass is 471 g/mol. The predicted molar refractivity (Wildman–Crippen MR) is 134 cm³/mol. The molecule has 0 unspecified atom stereocenters. The molecule has 0 aliphatic carbocycles. The van der Waals surface area contributed by atoms with E-state index in [4.69, 9.17) is 5.73 Å². The van der Waals surface area contributed by atoms with Gasteiger partial charge in [-0.15, -0.1) is 0 Å². The van der Waals surface area contributed by atoms with Crippen molar-refractivity contribution >= 4 is 17.2 Å². The Bertz CT molecular complexity index is 1400. The standard InChI is InChI=1S/C26H29N7O2/c1-17-6-7-22-26(35)31-20(16-33(17)22)4-2-5-23(34)32-12-8-18(9-13-32)19-14-21(24(27)30-15-19)25-28-10-3-11-29-25/h3,6-7,10-11,14-16,18H,2,4-5,8-9,12-13H2,1H3,(H2,27,30)(H,31,35). The third-order valence-corrected chi connectivity index (χ3v) is 6.82. The van der Waals surface area contributed by atoms with Crippen LogP contribution < -0.4 is 11.3 Å². The summed E-state index contributed by atoms with van der Waals surface area (Å²) in [5.41, 5.74) is 10.3. The van der Waals surface area contributed by atoms with Gasteiger partial charge in [0, 0.05) is 55.7 Å². The number of hydrogen-bond donors (Lipinski definition) is 2. The molecule has 3 N–H and O–H groups in total. The van der Waals surface area contributed by atoms with Crippen LogP contribution in [0.2, 0.25) is 0 Å². The van der Waals surface area contributed by atoms with E-state index in [0.717, 1.165) is 48.4 Å². The van der Waals surface area contributed by atoms with Crippen LogP contribution in [-0.2, 0) is 11.2 Å². The number of nitrogens with two attached hydrogens (primary N) is 1. The number of carbonyl (C=O) groups excluding carboxylic acids is 1. The Morgan fingerprint density at radius 2 is 1.94 bits per heavy atom. The van der Waals surface area contributed by atoms with Gasteiger partial charge in [0.15, 0.2) is 5.82 Å². The van der Waals surface area contributed by atoms with Crippen LogP contribution in [0.15, 0.2) is 53.8 Å². The van der Waals surface area contributed by atoms with Crippen LogP contribution >= 0.6 is 0 Å². The molecule has 9 nitrogen and oxygen atoms in total. The summed E-state index contributed by atoms with van der Waals surface area (Å²) in [6.45, 7) is 3.41. The van der Waals surface area contributed by atoms with Gasteiger partial charge >= 0.3 is 0 Å². The molecule has 0 saturated carbocycles. The van der Waals surface area contributed by atoms with E-state index in [9.17, 15) is 9.59 Å². The summed E-state index contributed by atoms with van der Waals surface area (Å²) in [5, 5.41) is 0. The molecule has 4 aromatic rings. The topological polar surface area (TPSA) is 122 Å². The van der Waals surface area contributed by atoms with E-state index in [2.05, 4.69) is 19.9 Å². The van der Waals surface area contributed by atoms with E-state index in [1.54, 1.807) is 18.5 Å². The van der Waals surface area contributed by atoms with E-state index < -0.39 is 0 Å². The predicted octanol–water partition coefficient (Wildman–Crippen LogP) is 3.10. The third kappa shape index (κ3) is 4.80. The van der Waals surface area contributed by atoms with Gasteiger partial charge in [-0.05, 0) is 68.4 Å². The zero-order valence-corrected chi connectivity index (χ0v) is 19.8. The normalized spacial score (nSPS) is 14.5. The van der Waals surface area contributed by atoms with Crippen LogP contribution in [0.25, 0.3) is 16.9 Å². The number of H-pyrrole nitrogens is 1. The van der Waals surface area contributed by atoms with Gasteiger partial charge in [-0.2, -0.15) is 0 Å². The number of likely N-dealkylation sites (tertiary alicyclic amines) is 1. The van der Waals surface area contributed by atoms with E-state index >= 15 is 0 Å². The number of nitrogens with zero attached hydrogens (tertiary/aromatic N) is 5. The van der Waals surface area contributed by atoms with Crippen LogP contribution in [0.3, 0.4) is 0 Å². The number of nitrogen functional groups attached to an aromatic ring is 1. The van der Waals surface area contributed by atoms with Gasteiger partial charge in [-0.25, -0.2) is 15.0 Å². The highest BCUT2D eigenvalue weighted by molar-refractivity contribution is 5.76. The van der Waals surface area contributed by atoms with Crippen LogP contribution in [0.4, 0.5) is 5.82 Å². The molecule has 180 valence electrons. The molecule has 0 atom stereocenters. The Balaban J connectivity index is 1.16. The Hall–Kier alpha value is -4.01. The summed E-state index contributed by atoms with van der Waals surface area (Å²) in [7, 11) is 0. The number of fused-ring (bicyclic) bond motifs is 1. The lowest BCUT2D eigenvalue weighted by Gasteiger charge is -2.32. The zero-order chi connectivity index (χ0) is 24.4. The van der Waals surface area contributed by atoms with Crippen molar-refractivity contribution in [3.05, 3.63) is 76.4 Å². The fourth-order valence-corrected chi connectivity index (χ4v) is 4.81. The molecule has 1 saturated heterocycles. The molecule has 5 heterocycles. The van der Waals surface area contributed by atoms with E-state index in [1.807, 2.05) is 46.8 Å². The Kier molecular flexibility index (Phi) is 6.31. The van der Waals surface area contributed by atoms with Crippen molar-refractivity contribution in [2.75, 3.05) is 18.8 Å². The van der Waals surface area contributed by atoms with Crippen molar-refractivity contribution in [2.45, 2.75) is 44.9 Å². The highest BCUT2D eigenvalue weighted by Gasteiger charge is 2.24. The first-order valence-electron chi connectivity index (χ1n) is 12.0. The minimum atomic E-state index is -0.0943. The van der Waals surface area contributed by atoms with E-state index in [1.165, 1.54) is 0 Å². The van der Waals surface area contributed by atoms with Gasteiger partial charge in [0.1, 0.15) is 11.3 Å². The van der Waals surface area contributed by atoms with Crippen molar-refractivity contribution in [3.8, 4) is 11.4 Å². The molecule has 1 aliphatic rings. The van der Waals surface area contributed by atoms with Gasteiger partial charge in [0.05, 0.1) is 5.56 Å². The number of aromatic nitrogens is 5. The summed E-state index contributed by atoms with van der Waals surface area (Å²) >= 11 is 0. The number of amides is 1.